The van der Waals surface area contributed by atoms with Crippen molar-refractivity contribution in [3.05, 3.63) is 0 Å². The van der Waals surface area contributed by atoms with Crippen molar-refractivity contribution in [3.63, 3.8) is 0 Å². The molecule has 1 aliphatic rings. The van der Waals surface area contributed by atoms with Gasteiger partial charge in [0.05, 0.1) is 0 Å². The summed E-state index contributed by atoms with van der Waals surface area (Å²) >= 11 is 0. The molecule has 1 atom stereocenters. The Balaban J connectivity index is 2.39. The number of hydrogen-bond donors (Lipinski definition) is 2. The second-order valence-corrected chi connectivity index (χ2v) is 5.74. The lowest BCUT2D eigenvalue weighted by molar-refractivity contribution is -0.131. The molecule has 0 bridgehead atoms. The van der Waals surface area contributed by atoms with Gasteiger partial charge in [-0.15, -0.1) is 0 Å². The third kappa shape index (κ3) is 3.48. The van der Waals surface area contributed by atoms with Gasteiger partial charge < -0.3 is 11.1 Å². The molecule has 94 valence electrons. The summed E-state index contributed by atoms with van der Waals surface area (Å²) in [4.78, 5) is 12.1. The fraction of sp³-hybridized carbons (Fsp3) is 0.923. The molecule has 1 fully saturated rings. The van der Waals surface area contributed by atoms with E-state index < -0.39 is 0 Å². The average Bonchev–Trinajstić information content (AvgIpc) is 2.26. The monoisotopic (exact) mass is 226 g/mol. The number of nitrogens with two attached hydrogens (primary N) is 1. The summed E-state index contributed by atoms with van der Waals surface area (Å²) in [6.45, 7) is 6.85. The van der Waals surface area contributed by atoms with Crippen LogP contribution in [0, 0.1) is 11.3 Å². The number of rotatable bonds is 4. The van der Waals surface area contributed by atoms with Crippen molar-refractivity contribution in [1.82, 2.24) is 5.32 Å². The Morgan fingerprint density at radius 3 is 2.38 bits per heavy atom. The van der Waals surface area contributed by atoms with Gasteiger partial charge >= 0.3 is 0 Å². The van der Waals surface area contributed by atoms with E-state index in [9.17, 15) is 4.79 Å². The number of hydrogen-bond acceptors (Lipinski definition) is 2. The third-order valence-electron chi connectivity index (χ3n) is 3.86. The predicted octanol–water partition coefficient (Wildman–Crippen LogP) is 2.06. The maximum absolute atomic E-state index is 12.1. The van der Waals surface area contributed by atoms with E-state index in [1.54, 1.807) is 0 Å². The van der Waals surface area contributed by atoms with Crippen LogP contribution in [-0.2, 0) is 4.79 Å². The van der Waals surface area contributed by atoms with Crippen molar-refractivity contribution in [2.45, 2.75) is 58.9 Å². The zero-order chi connectivity index (χ0) is 12.2. The van der Waals surface area contributed by atoms with Crippen LogP contribution in [0.4, 0.5) is 0 Å². The van der Waals surface area contributed by atoms with Crippen molar-refractivity contribution >= 4 is 5.91 Å². The molecule has 1 rings (SSSR count). The molecule has 0 aromatic rings. The van der Waals surface area contributed by atoms with Gasteiger partial charge in [0.1, 0.15) is 0 Å². The number of nitrogens with one attached hydrogen (secondary N) is 1. The highest BCUT2D eigenvalue weighted by atomic mass is 16.2. The predicted molar refractivity (Wildman–Crippen MR) is 67.0 cm³/mol. The van der Waals surface area contributed by atoms with Crippen molar-refractivity contribution in [2.24, 2.45) is 17.1 Å². The van der Waals surface area contributed by atoms with Gasteiger partial charge in [-0.1, -0.05) is 40.0 Å². The van der Waals surface area contributed by atoms with E-state index in [1.165, 1.54) is 19.3 Å². The Kier molecular flexibility index (Phi) is 4.78. The quantitative estimate of drug-likeness (QED) is 0.771. The topological polar surface area (TPSA) is 55.1 Å². The largest absolute Gasteiger partial charge is 0.354 e. The van der Waals surface area contributed by atoms with Crippen LogP contribution in [0.5, 0.6) is 0 Å². The second-order valence-electron chi connectivity index (χ2n) is 5.74. The first kappa shape index (κ1) is 13.5. The molecule has 3 heteroatoms. The van der Waals surface area contributed by atoms with E-state index in [4.69, 9.17) is 5.73 Å². The van der Waals surface area contributed by atoms with Crippen LogP contribution in [-0.4, -0.2) is 18.5 Å². The molecule has 0 radical (unpaired) electrons. The highest BCUT2D eigenvalue weighted by molar-refractivity contribution is 5.82. The average molecular weight is 226 g/mol. The first-order valence-corrected chi connectivity index (χ1v) is 6.49. The van der Waals surface area contributed by atoms with Crippen LogP contribution in [0.1, 0.15) is 52.9 Å². The van der Waals surface area contributed by atoms with Gasteiger partial charge in [-0.3, -0.25) is 4.79 Å². The van der Waals surface area contributed by atoms with Crippen molar-refractivity contribution in [3.8, 4) is 0 Å². The summed E-state index contributed by atoms with van der Waals surface area (Å²) in [5.74, 6) is 0.614. The molecule has 16 heavy (non-hydrogen) atoms. The van der Waals surface area contributed by atoms with Crippen LogP contribution in [0.3, 0.4) is 0 Å². The van der Waals surface area contributed by atoms with E-state index in [0.717, 1.165) is 12.8 Å². The highest BCUT2D eigenvalue weighted by Gasteiger charge is 2.34. The molecule has 0 saturated heterocycles. The lowest BCUT2D eigenvalue weighted by Crippen LogP contribution is -2.46. The summed E-state index contributed by atoms with van der Waals surface area (Å²) in [7, 11) is 0. The molecular formula is C13H26N2O. The lowest BCUT2D eigenvalue weighted by Gasteiger charge is -2.32. The molecular weight excluding hydrogens is 200 g/mol. The SMILES string of the molecule is CC(C)C(N)CNC(=O)C1(C)CCCCC1. The highest BCUT2D eigenvalue weighted by Crippen LogP contribution is 2.35. The van der Waals surface area contributed by atoms with Crippen LogP contribution in [0.25, 0.3) is 0 Å². The molecule has 0 heterocycles. The fourth-order valence-electron chi connectivity index (χ4n) is 2.22. The molecule has 1 unspecified atom stereocenters. The van der Waals surface area contributed by atoms with E-state index in [0.29, 0.717) is 12.5 Å². The van der Waals surface area contributed by atoms with E-state index >= 15 is 0 Å². The van der Waals surface area contributed by atoms with Gasteiger partial charge in [0.25, 0.3) is 0 Å². The second kappa shape index (κ2) is 5.67. The van der Waals surface area contributed by atoms with Gasteiger partial charge in [-0.2, -0.15) is 0 Å². The van der Waals surface area contributed by atoms with Gasteiger partial charge in [-0.05, 0) is 18.8 Å². The lowest BCUT2D eigenvalue weighted by atomic mass is 9.75. The van der Waals surface area contributed by atoms with E-state index in [1.807, 2.05) is 0 Å². The first-order chi connectivity index (χ1) is 7.46. The summed E-state index contributed by atoms with van der Waals surface area (Å²) in [5.41, 5.74) is 5.78. The summed E-state index contributed by atoms with van der Waals surface area (Å²) < 4.78 is 0. The van der Waals surface area contributed by atoms with Crippen LogP contribution >= 0.6 is 0 Å². The normalized spacial score (nSPS) is 21.8. The maximum atomic E-state index is 12.1. The molecule has 3 nitrogen and oxygen atoms in total. The maximum Gasteiger partial charge on any atom is 0.225 e. The zero-order valence-corrected chi connectivity index (χ0v) is 10.9. The van der Waals surface area contributed by atoms with Crippen molar-refractivity contribution in [1.29, 1.82) is 0 Å². The van der Waals surface area contributed by atoms with Gasteiger partial charge in [0.2, 0.25) is 5.91 Å². The first-order valence-electron chi connectivity index (χ1n) is 6.49. The molecule has 0 spiro atoms. The Hall–Kier alpha value is -0.570. The third-order valence-corrected chi connectivity index (χ3v) is 3.86. The van der Waals surface area contributed by atoms with E-state index in [2.05, 4.69) is 26.1 Å². The minimum atomic E-state index is -0.144. The molecule has 1 saturated carbocycles. The molecule has 1 aliphatic carbocycles. The fourth-order valence-corrected chi connectivity index (χ4v) is 2.22. The molecule has 1 amide bonds. The Morgan fingerprint density at radius 2 is 1.88 bits per heavy atom. The Bertz CT molecular complexity index is 232. The standard InChI is InChI=1S/C13H26N2O/c1-10(2)11(14)9-15-12(16)13(3)7-5-4-6-8-13/h10-11H,4-9,14H2,1-3H3,(H,15,16). The van der Waals surface area contributed by atoms with Crippen LogP contribution in [0.15, 0.2) is 0 Å². The minimum Gasteiger partial charge on any atom is -0.354 e. The zero-order valence-electron chi connectivity index (χ0n) is 10.9. The molecule has 0 aromatic heterocycles. The van der Waals surface area contributed by atoms with E-state index in [-0.39, 0.29) is 17.4 Å². The van der Waals surface area contributed by atoms with Crippen LogP contribution in [0.2, 0.25) is 0 Å². The van der Waals surface area contributed by atoms with Crippen molar-refractivity contribution in [2.75, 3.05) is 6.54 Å². The van der Waals surface area contributed by atoms with Gasteiger partial charge in [0, 0.05) is 18.0 Å². The Morgan fingerprint density at radius 1 is 1.31 bits per heavy atom. The number of carbonyl (C=O) groups is 1. The molecule has 0 aliphatic heterocycles. The Labute approximate surface area is 99.2 Å². The van der Waals surface area contributed by atoms with Crippen molar-refractivity contribution < 1.29 is 4.79 Å². The molecule has 0 aromatic carbocycles. The van der Waals surface area contributed by atoms with Gasteiger partial charge in [0.15, 0.2) is 0 Å². The smallest absolute Gasteiger partial charge is 0.225 e. The number of carbonyl (C=O) groups excluding carboxylic acids is 1. The summed E-state index contributed by atoms with van der Waals surface area (Å²) in [6.07, 6.45) is 5.68. The van der Waals surface area contributed by atoms with Gasteiger partial charge in [-0.25, -0.2) is 0 Å². The van der Waals surface area contributed by atoms with Crippen LogP contribution < -0.4 is 11.1 Å². The summed E-state index contributed by atoms with van der Waals surface area (Å²) in [5, 5.41) is 3.01. The molecule has 3 N–H and O–H groups in total. The minimum absolute atomic E-state index is 0.0659. The summed E-state index contributed by atoms with van der Waals surface area (Å²) in [6, 6.07) is 0.0659. The number of amides is 1.